The topological polar surface area (TPSA) is 89.1 Å². The average molecular weight is 225 g/mol. The first-order valence-corrected chi connectivity index (χ1v) is 5.13. The van der Waals surface area contributed by atoms with Gasteiger partial charge in [-0.25, -0.2) is 4.98 Å². The smallest absolute Gasteiger partial charge is 0.303 e. The van der Waals surface area contributed by atoms with Crippen LogP contribution in [0.4, 0.5) is 0 Å². The minimum Gasteiger partial charge on any atom is -0.481 e. The summed E-state index contributed by atoms with van der Waals surface area (Å²) in [5, 5.41) is 14.0. The lowest BCUT2D eigenvalue weighted by Crippen LogP contribution is -1.97. The maximum atomic E-state index is 10.3. The van der Waals surface area contributed by atoms with Crippen molar-refractivity contribution in [3.8, 4) is 11.5 Å². The molecule has 0 radical (unpaired) electrons. The molecule has 6 nitrogen and oxygen atoms in total. The molecule has 0 aliphatic heterocycles. The molecule has 0 saturated carbocycles. The second kappa shape index (κ2) is 4.18. The van der Waals surface area contributed by atoms with Crippen LogP contribution < -0.4 is 0 Å². The van der Waals surface area contributed by atoms with Crippen LogP contribution in [0.25, 0.3) is 11.5 Å². The van der Waals surface area contributed by atoms with Gasteiger partial charge in [-0.2, -0.15) is 4.98 Å². The molecule has 0 unspecified atom stereocenters. The van der Waals surface area contributed by atoms with Crippen LogP contribution >= 0.6 is 11.3 Å². The Hall–Kier alpha value is -1.76. The summed E-state index contributed by atoms with van der Waals surface area (Å²) in [7, 11) is 0. The van der Waals surface area contributed by atoms with E-state index in [1.54, 1.807) is 10.9 Å². The van der Waals surface area contributed by atoms with Gasteiger partial charge in [-0.05, 0) is 0 Å². The number of aliphatic carboxylic acids is 1. The Morgan fingerprint density at radius 3 is 3.13 bits per heavy atom. The Balaban J connectivity index is 2.08. The second-order valence-electron chi connectivity index (χ2n) is 2.78. The average Bonchev–Trinajstić information content (AvgIpc) is 2.85. The van der Waals surface area contributed by atoms with Crippen molar-refractivity contribution in [1.29, 1.82) is 0 Å². The van der Waals surface area contributed by atoms with Gasteiger partial charge in [-0.15, -0.1) is 11.3 Å². The molecule has 0 spiro atoms. The van der Waals surface area contributed by atoms with Gasteiger partial charge in [-0.1, -0.05) is 5.16 Å². The maximum absolute atomic E-state index is 10.3. The molecule has 1 N–H and O–H groups in total. The number of carbonyl (C=O) groups is 1. The highest BCUT2D eigenvalue weighted by molar-refractivity contribution is 7.07. The molecule has 0 fully saturated rings. The van der Waals surface area contributed by atoms with Crippen molar-refractivity contribution >= 4 is 17.3 Å². The van der Waals surface area contributed by atoms with Gasteiger partial charge in [0.1, 0.15) is 5.69 Å². The Bertz CT molecular complexity index is 451. The molecule has 0 bridgehead atoms. The highest BCUT2D eigenvalue weighted by atomic mass is 32.1. The van der Waals surface area contributed by atoms with Gasteiger partial charge in [0.2, 0.25) is 11.7 Å². The standard InChI is InChI=1S/C8H7N3O3S/c12-7(13)2-1-6-10-8(11-14-6)5-3-15-4-9-5/h3-4H,1-2H2,(H,12,13). The van der Waals surface area contributed by atoms with E-state index in [1.807, 2.05) is 0 Å². The van der Waals surface area contributed by atoms with Gasteiger partial charge in [-0.3, -0.25) is 4.79 Å². The lowest BCUT2D eigenvalue weighted by molar-refractivity contribution is -0.137. The number of nitrogens with zero attached hydrogens (tertiary/aromatic N) is 3. The summed E-state index contributed by atoms with van der Waals surface area (Å²) in [6.45, 7) is 0. The second-order valence-corrected chi connectivity index (χ2v) is 3.50. The quantitative estimate of drug-likeness (QED) is 0.841. The Morgan fingerprint density at radius 2 is 2.47 bits per heavy atom. The normalized spacial score (nSPS) is 10.4. The third-order valence-electron chi connectivity index (χ3n) is 1.68. The van der Waals surface area contributed by atoms with Crippen molar-refractivity contribution in [2.24, 2.45) is 0 Å². The van der Waals surface area contributed by atoms with Crippen LogP contribution in [0.15, 0.2) is 15.4 Å². The molecule has 0 aromatic carbocycles. The van der Waals surface area contributed by atoms with E-state index >= 15 is 0 Å². The van der Waals surface area contributed by atoms with Gasteiger partial charge in [0.05, 0.1) is 11.9 Å². The molecule has 7 heteroatoms. The van der Waals surface area contributed by atoms with Gasteiger partial charge in [0, 0.05) is 11.8 Å². The van der Waals surface area contributed by atoms with Crippen LogP contribution in [0, 0.1) is 0 Å². The molecule has 0 amide bonds. The van der Waals surface area contributed by atoms with Crippen LogP contribution in [0.3, 0.4) is 0 Å². The van der Waals surface area contributed by atoms with Crippen LogP contribution in [0.1, 0.15) is 12.3 Å². The van der Waals surface area contributed by atoms with Gasteiger partial charge >= 0.3 is 5.97 Å². The number of carboxylic acids is 1. The van der Waals surface area contributed by atoms with Crippen molar-refractivity contribution in [2.45, 2.75) is 12.8 Å². The van der Waals surface area contributed by atoms with Crippen LogP contribution in [-0.4, -0.2) is 26.2 Å². The summed E-state index contributed by atoms with van der Waals surface area (Å²) < 4.78 is 4.88. The highest BCUT2D eigenvalue weighted by Crippen LogP contribution is 2.15. The Labute approximate surface area is 88.6 Å². The first-order valence-electron chi connectivity index (χ1n) is 4.18. The molecule has 78 valence electrons. The fourth-order valence-corrected chi connectivity index (χ4v) is 1.53. The minimum absolute atomic E-state index is 0.0152. The number of carboxylic acid groups (broad SMARTS) is 1. The van der Waals surface area contributed by atoms with Crippen molar-refractivity contribution in [3.05, 3.63) is 16.8 Å². The first kappa shape index (κ1) is 9.78. The van der Waals surface area contributed by atoms with E-state index in [0.29, 0.717) is 17.4 Å². The molecule has 2 rings (SSSR count). The number of hydrogen-bond acceptors (Lipinski definition) is 6. The summed E-state index contributed by atoms with van der Waals surface area (Å²) in [5.74, 6) is -0.166. The number of aryl methyl sites for hydroxylation is 1. The van der Waals surface area contributed by atoms with Crippen LogP contribution in [0.2, 0.25) is 0 Å². The number of aromatic nitrogens is 3. The lowest BCUT2D eigenvalue weighted by Gasteiger charge is -1.87. The van der Waals surface area contributed by atoms with E-state index < -0.39 is 5.97 Å². The molecule has 0 atom stereocenters. The summed E-state index contributed by atoms with van der Waals surface area (Å²) in [6, 6.07) is 0. The van der Waals surface area contributed by atoms with E-state index in [9.17, 15) is 4.79 Å². The van der Waals surface area contributed by atoms with E-state index in [2.05, 4.69) is 15.1 Å². The zero-order valence-corrected chi connectivity index (χ0v) is 8.40. The molecule has 0 saturated heterocycles. The van der Waals surface area contributed by atoms with Gasteiger partial charge in [0.15, 0.2) is 0 Å². The van der Waals surface area contributed by atoms with Crippen molar-refractivity contribution in [3.63, 3.8) is 0 Å². The first-order chi connectivity index (χ1) is 7.25. The minimum atomic E-state index is -0.886. The third kappa shape index (κ3) is 2.38. The molecule has 0 aliphatic carbocycles. The van der Waals surface area contributed by atoms with E-state index in [-0.39, 0.29) is 12.8 Å². The lowest BCUT2D eigenvalue weighted by atomic mass is 10.3. The monoisotopic (exact) mass is 225 g/mol. The van der Waals surface area contributed by atoms with Crippen LogP contribution in [-0.2, 0) is 11.2 Å². The highest BCUT2D eigenvalue weighted by Gasteiger charge is 2.10. The maximum Gasteiger partial charge on any atom is 0.303 e. The summed E-state index contributed by atoms with van der Waals surface area (Å²) in [6.07, 6.45) is 0.227. The number of rotatable bonds is 4. The van der Waals surface area contributed by atoms with E-state index in [1.165, 1.54) is 11.3 Å². The predicted octanol–water partition coefficient (Wildman–Crippen LogP) is 1.21. The third-order valence-corrected chi connectivity index (χ3v) is 2.27. The van der Waals surface area contributed by atoms with Crippen LogP contribution in [0.5, 0.6) is 0 Å². The molecular weight excluding hydrogens is 218 g/mol. The number of thiazole rings is 1. The molecule has 15 heavy (non-hydrogen) atoms. The fraction of sp³-hybridized carbons (Fsp3) is 0.250. The Kier molecular flexibility index (Phi) is 2.72. The zero-order chi connectivity index (χ0) is 10.7. The van der Waals surface area contributed by atoms with E-state index in [0.717, 1.165) is 0 Å². The fourth-order valence-electron chi connectivity index (χ4n) is 0.997. The summed E-state index contributed by atoms with van der Waals surface area (Å²) in [4.78, 5) is 18.3. The molecule has 2 heterocycles. The van der Waals surface area contributed by atoms with Crippen molar-refractivity contribution in [1.82, 2.24) is 15.1 Å². The molecule has 2 aromatic rings. The Morgan fingerprint density at radius 1 is 1.60 bits per heavy atom. The van der Waals surface area contributed by atoms with E-state index in [4.69, 9.17) is 9.63 Å². The van der Waals surface area contributed by atoms with Gasteiger partial charge < -0.3 is 9.63 Å². The van der Waals surface area contributed by atoms with Crippen molar-refractivity contribution in [2.75, 3.05) is 0 Å². The largest absolute Gasteiger partial charge is 0.481 e. The molecule has 2 aromatic heterocycles. The SMILES string of the molecule is O=C(O)CCc1nc(-c2cscn2)no1. The van der Waals surface area contributed by atoms with Gasteiger partial charge in [0.25, 0.3) is 0 Å². The summed E-state index contributed by atoms with van der Waals surface area (Å²) >= 11 is 1.44. The molecule has 0 aliphatic rings. The zero-order valence-electron chi connectivity index (χ0n) is 7.58. The molecular formula is C8H7N3O3S. The van der Waals surface area contributed by atoms with Crippen molar-refractivity contribution < 1.29 is 14.4 Å². The predicted molar refractivity (Wildman–Crippen MR) is 51.4 cm³/mol. The number of hydrogen-bond donors (Lipinski definition) is 1. The summed E-state index contributed by atoms with van der Waals surface area (Å²) in [5.41, 5.74) is 2.31.